The summed E-state index contributed by atoms with van der Waals surface area (Å²) in [5, 5.41) is 0. The van der Waals surface area contributed by atoms with Crippen molar-refractivity contribution >= 4 is 10.4 Å². The molecule has 8 heteroatoms. The summed E-state index contributed by atoms with van der Waals surface area (Å²) in [6, 6.07) is 0.0799. The zero-order valence-electron chi connectivity index (χ0n) is 8.13. The molecule has 15 heavy (non-hydrogen) atoms. The fourth-order valence-corrected chi connectivity index (χ4v) is 1.45. The van der Waals surface area contributed by atoms with Crippen LogP contribution in [-0.4, -0.2) is 30.1 Å². The second-order valence-electron chi connectivity index (χ2n) is 3.30. The summed E-state index contributed by atoms with van der Waals surface area (Å²) in [6.45, 7) is 0.466. The van der Waals surface area contributed by atoms with Crippen molar-refractivity contribution in [2.75, 3.05) is 6.54 Å². The van der Waals surface area contributed by atoms with E-state index in [1.54, 1.807) is 0 Å². The molecular formula is C7H16N2O4PtS. The SMILES string of the molecule is O=S(=O)(O)O.[NH-]CC1CCCCC1[NH-].[Pt+2]. The van der Waals surface area contributed by atoms with Crippen LogP contribution >= 0.6 is 0 Å². The zero-order valence-corrected chi connectivity index (χ0v) is 11.2. The fraction of sp³-hybridized carbons (Fsp3) is 1.00. The molecule has 1 aliphatic carbocycles. The molecule has 1 saturated carbocycles. The zero-order chi connectivity index (χ0) is 11.2. The van der Waals surface area contributed by atoms with E-state index in [1.807, 2.05) is 0 Å². The molecule has 0 heterocycles. The molecule has 0 aromatic heterocycles. The van der Waals surface area contributed by atoms with Gasteiger partial charge in [-0.2, -0.15) is 8.42 Å². The van der Waals surface area contributed by atoms with Crippen molar-refractivity contribution in [2.45, 2.75) is 31.7 Å². The Labute approximate surface area is 105 Å². The quantitative estimate of drug-likeness (QED) is 0.631. The van der Waals surface area contributed by atoms with Crippen molar-refractivity contribution in [3.05, 3.63) is 11.5 Å². The Morgan fingerprint density at radius 2 is 1.60 bits per heavy atom. The van der Waals surface area contributed by atoms with E-state index in [0.717, 1.165) is 12.8 Å². The molecular weight excluding hydrogens is 403 g/mol. The minimum Gasteiger partial charge on any atom is -0.677 e. The van der Waals surface area contributed by atoms with E-state index >= 15 is 0 Å². The largest absolute Gasteiger partial charge is 2.00 e. The van der Waals surface area contributed by atoms with Crippen molar-refractivity contribution in [3.63, 3.8) is 0 Å². The molecule has 0 spiro atoms. The second-order valence-corrected chi connectivity index (χ2v) is 4.20. The minimum atomic E-state index is -4.67. The van der Waals surface area contributed by atoms with E-state index in [4.69, 9.17) is 29.0 Å². The molecule has 1 fully saturated rings. The predicted octanol–water partition coefficient (Wildman–Crippen LogP) is 1.99. The van der Waals surface area contributed by atoms with Gasteiger partial charge in [0.05, 0.1) is 0 Å². The summed E-state index contributed by atoms with van der Waals surface area (Å²) in [5.41, 5.74) is 14.6. The molecule has 0 aromatic rings. The van der Waals surface area contributed by atoms with E-state index in [2.05, 4.69) is 0 Å². The van der Waals surface area contributed by atoms with Gasteiger partial charge in [0.1, 0.15) is 0 Å². The van der Waals surface area contributed by atoms with Crippen molar-refractivity contribution in [3.8, 4) is 0 Å². The van der Waals surface area contributed by atoms with Crippen LogP contribution in [0.5, 0.6) is 0 Å². The van der Waals surface area contributed by atoms with Crippen molar-refractivity contribution in [2.24, 2.45) is 5.92 Å². The average molecular weight is 419 g/mol. The molecule has 2 atom stereocenters. The molecule has 0 bridgehead atoms. The van der Waals surface area contributed by atoms with E-state index < -0.39 is 10.4 Å². The van der Waals surface area contributed by atoms with Crippen molar-refractivity contribution in [1.82, 2.24) is 0 Å². The molecule has 6 nitrogen and oxygen atoms in total. The normalized spacial score (nSPS) is 25.9. The van der Waals surface area contributed by atoms with Gasteiger partial charge in [0.15, 0.2) is 0 Å². The molecule has 0 amide bonds. The number of hydrogen-bond acceptors (Lipinski definition) is 2. The van der Waals surface area contributed by atoms with Gasteiger partial charge >= 0.3 is 31.5 Å². The third-order valence-electron chi connectivity index (χ3n) is 2.17. The van der Waals surface area contributed by atoms with Gasteiger partial charge in [-0.15, -0.1) is 12.6 Å². The van der Waals surface area contributed by atoms with Crippen LogP contribution in [0.1, 0.15) is 25.7 Å². The van der Waals surface area contributed by atoms with Gasteiger partial charge in [-0.05, 0) is 0 Å². The first-order valence-corrected chi connectivity index (χ1v) is 5.80. The van der Waals surface area contributed by atoms with Gasteiger partial charge in [-0.3, -0.25) is 9.11 Å². The number of hydrogen-bond donors (Lipinski definition) is 2. The van der Waals surface area contributed by atoms with Gasteiger partial charge in [-0.1, -0.05) is 31.6 Å². The van der Waals surface area contributed by atoms with Gasteiger partial charge < -0.3 is 11.5 Å². The number of nitrogens with one attached hydrogen (secondary N) is 2. The van der Waals surface area contributed by atoms with Crippen LogP contribution < -0.4 is 0 Å². The summed E-state index contributed by atoms with van der Waals surface area (Å²) in [4.78, 5) is 0. The molecule has 94 valence electrons. The van der Waals surface area contributed by atoms with Gasteiger partial charge in [0, 0.05) is 0 Å². The monoisotopic (exact) mass is 419 g/mol. The molecule has 1 rings (SSSR count). The van der Waals surface area contributed by atoms with Crippen molar-refractivity contribution < 1.29 is 38.6 Å². The van der Waals surface area contributed by atoms with Gasteiger partial charge in [-0.25, -0.2) is 0 Å². The molecule has 4 N–H and O–H groups in total. The first kappa shape index (κ1) is 17.9. The summed E-state index contributed by atoms with van der Waals surface area (Å²) >= 11 is 0. The van der Waals surface area contributed by atoms with Crippen LogP contribution in [0.3, 0.4) is 0 Å². The molecule has 2 unspecified atom stereocenters. The van der Waals surface area contributed by atoms with Crippen LogP contribution in [0.4, 0.5) is 0 Å². The van der Waals surface area contributed by atoms with E-state index in [-0.39, 0.29) is 27.1 Å². The Bertz CT molecular complexity index is 239. The Morgan fingerprint density at radius 3 is 1.87 bits per heavy atom. The summed E-state index contributed by atoms with van der Waals surface area (Å²) in [7, 11) is -4.67. The van der Waals surface area contributed by atoms with Crippen LogP contribution in [0.25, 0.3) is 11.5 Å². The molecule has 0 radical (unpaired) electrons. The third kappa shape index (κ3) is 12.4. The standard InChI is InChI=1S/C7H14N2.H2O4S.Pt/c8-5-6-3-1-2-4-7(6)9;1-5(2,3)4;/h6-9H,1-5H2;(H2,1,2,3,4);/q-2;;+2. The second kappa shape index (κ2) is 8.61. The third-order valence-corrected chi connectivity index (χ3v) is 2.17. The van der Waals surface area contributed by atoms with Gasteiger partial charge in [0.25, 0.3) is 0 Å². The Morgan fingerprint density at radius 1 is 1.20 bits per heavy atom. The smallest absolute Gasteiger partial charge is 0.677 e. The first-order valence-electron chi connectivity index (χ1n) is 4.40. The Balaban J connectivity index is 0. The minimum absolute atomic E-state index is 0. The maximum atomic E-state index is 8.74. The van der Waals surface area contributed by atoms with Crippen LogP contribution in [0.15, 0.2) is 0 Å². The van der Waals surface area contributed by atoms with Crippen LogP contribution in [-0.2, 0) is 31.5 Å². The fourth-order valence-electron chi connectivity index (χ4n) is 1.45. The van der Waals surface area contributed by atoms with Crippen LogP contribution in [0.2, 0.25) is 0 Å². The summed E-state index contributed by atoms with van der Waals surface area (Å²) in [5.74, 6) is 0.388. The molecule has 0 saturated heterocycles. The maximum absolute atomic E-state index is 8.74. The maximum Gasteiger partial charge on any atom is 2.00 e. The average Bonchev–Trinajstić information content (AvgIpc) is 2.02. The molecule has 0 aliphatic heterocycles. The van der Waals surface area contributed by atoms with Crippen molar-refractivity contribution in [1.29, 1.82) is 0 Å². The predicted molar refractivity (Wildman–Crippen MR) is 53.4 cm³/mol. The van der Waals surface area contributed by atoms with E-state index in [1.165, 1.54) is 12.8 Å². The number of rotatable bonds is 1. The molecule has 1 aliphatic rings. The van der Waals surface area contributed by atoms with E-state index in [0.29, 0.717) is 12.5 Å². The Kier molecular flexibility index (Phi) is 10.3. The summed E-state index contributed by atoms with van der Waals surface area (Å²) in [6.07, 6.45) is 4.62. The Hall–Kier alpha value is 0.478. The van der Waals surface area contributed by atoms with E-state index in [9.17, 15) is 0 Å². The first-order chi connectivity index (χ1) is 6.34. The van der Waals surface area contributed by atoms with Gasteiger partial charge in [0.2, 0.25) is 0 Å². The summed E-state index contributed by atoms with van der Waals surface area (Å²) < 4.78 is 31.6. The topological polar surface area (TPSA) is 122 Å². The van der Waals surface area contributed by atoms with Crippen LogP contribution in [0, 0.1) is 5.92 Å². The molecule has 0 aromatic carbocycles.